The number of aliphatic hydroxyl groups excluding tert-OH is 1. The molecule has 0 aromatic rings. The van der Waals surface area contributed by atoms with E-state index in [1.54, 1.807) is 0 Å². The monoisotopic (exact) mass is 231 g/mol. The molecule has 1 amide bonds. The summed E-state index contributed by atoms with van der Waals surface area (Å²) in [7, 11) is 0. The quantitative estimate of drug-likeness (QED) is 0.593. The molecule has 6 nitrogen and oxygen atoms in total. The van der Waals surface area contributed by atoms with E-state index in [9.17, 15) is 9.59 Å². The van der Waals surface area contributed by atoms with Crippen molar-refractivity contribution in [1.82, 2.24) is 5.32 Å². The SMILES string of the molecule is O=C(CC1CCCCO1)N[C@@H](CO)C(=O)O. The summed E-state index contributed by atoms with van der Waals surface area (Å²) in [6.45, 7) is 0.0485. The highest BCUT2D eigenvalue weighted by Crippen LogP contribution is 2.15. The van der Waals surface area contributed by atoms with E-state index >= 15 is 0 Å². The molecule has 0 bridgehead atoms. The molecule has 1 fully saturated rings. The summed E-state index contributed by atoms with van der Waals surface area (Å²) in [6, 6.07) is -1.23. The molecule has 1 rings (SSSR count). The number of rotatable bonds is 5. The zero-order chi connectivity index (χ0) is 12.0. The van der Waals surface area contributed by atoms with Gasteiger partial charge in [-0.3, -0.25) is 4.79 Å². The summed E-state index contributed by atoms with van der Waals surface area (Å²) in [5.74, 6) is -1.63. The van der Waals surface area contributed by atoms with Gasteiger partial charge < -0.3 is 20.3 Å². The predicted molar refractivity (Wildman–Crippen MR) is 54.9 cm³/mol. The second kappa shape index (κ2) is 6.44. The van der Waals surface area contributed by atoms with Crippen LogP contribution < -0.4 is 5.32 Å². The molecule has 1 heterocycles. The van der Waals surface area contributed by atoms with Crippen molar-refractivity contribution in [2.24, 2.45) is 0 Å². The van der Waals surface area contributed by atoms with E-state index in [4.69, 9.17) is 14.9 Å². The number of aliphatic hydroxyl groups is 1. The van der Waals surface area contributed by atoms with Crippen LogP contribution in [0, 0.1) is 0 Å². The maximum Gasteiger partial charge on any atom is 0.328 e. The maximum atomic E-state index is 11.4. The summed E-state index contributed by atoms with van der Waals surface area (Å²) < 4.78 is 5.35. The third-order valence-corrected chi connectivity index (χ3v) is 2.50. The van der Waals surface area contributed by atoms with E-state index in [1.165, 1.54) is 0 Å². The van der Waals surface area contributed by atoms with Crippen molar-refractivity contribution in [2.45, 2.75) is 37.8 Å². The van der Waals surface area contributed by atoms with Crippen molar-refractivity contribution in [3.63, 3.8) is 0 Å². The van der Waals surface area contributed by atoms with Crippen LogP contribution in [0.1, 0.15) is 25.7 Å². The smallest absolute Gasteiger partial charge is 0.328 e. The zero-order valence-electron chi connectivity index (χ0n) is 9.02. The summed E-state index contributed by atoms with van der Waals surface area (Å²) >= 11 is 0. The van der Waals surface area contributed by atoms with Crippen LogP contribution in [-0.4, -0.2) is 47.4 Å². The van der Waals surface area contributed by atoms with Crippen molar-refractivity contribution in [3.8, 4) is 0 Å². The molecule has 1 aliphatic rings. The minimum Gasteiger partial charge on any atom is -0.480 e. The van der Waals surface area contributed by atoms with Gasteiger partial charge in [0, 0.05) is 6.61 Å². The molecule has 16 heavy (non-hydrogen) atoms. The molecular formula is C10H17NO5. The number of nitrogens with one attached hydrogen (secondary N) is 1. The number of carbonyl (C=O) groups excluding carboxylic acids is 1. The number of carboxylic acids is 1. The molecule has 1 unspecified atom stereocenters. The van der Waals surface area contributed by atoms with Gasteiger partial charge in [0.2, 0.25) is 5.91 Å². The second-order valence-electron chi connectivity index (χ2n) is 3.83. The van der Waals surface area contributed by atoms with Gasteiger partial charge in [-0.15, -0.1) is 0 Å². The molecule has 3 N–H and O–H groups in total. The molecule has 1 saturated heterocycles. The lowest BCUT2D eigenvalue weighted by atomic mass is 10.1. The number of ether oxygens (including phenoxy) is 1. The third kappa shape index (κ3) is 4.16. The van der Waals surface area contributed by atoms with Gasteiger partial charge in [0.1, 0.15) is 6.04 Å². The van der Waals surface area contributed by atoms with Crippen LogP contribution in [0.25, 0.3) is 0 Å². The van der Waals surface area contributed by atoms with Crippen molar-refractivity contribution in [1.29, 1.82) is 0 Å². The summed E-state index contributed by atoms with van der Waals surface area (Å²) in [4.78, 5) is 22.0. The van der Waals surface area contributed by atoms with E-state index in [0.29, 0.717) is 6.61 Å². The van der Waals surface area contributed by atoms with Gasteiger partial charge in [0.05, 0.1) is 19.1 Å². The Hall–Kier alpha value is -1.14. The number of hydrogen-bond acceptors (Lipinski definition) is 4. The van der Waals surface area contributed by atoms with Gasteiger partial charge in [0.15, 0.2) is 0 Å². The minimum absolute atomic E-state index is 0.123. The molecule has 1 aliphatic heterocycles. The lowest BCUT2D eigenvalue weighted by Gasteiger charge is -2.22. The Labute approximate surface area is 93.6 Å². The molecule has 6 heteroatoms. The number of carboxylic acid groups (broad SMARTS) is 1. The second-order valence-corrected chi connectivity index (χ2v) is 3.83. The van der Waals surface area contributed by atoms with Crippen LogP contribution >= 0.6 is 0 Å². The number of hydrogen-bond donors (Lipinski definition) is 3. The maximum absolute atomic E-state index is 11.4. The first kappa shape index (κ1) is 12.9. The highest BCUT2D eigenvalue weighted by molar-refractivity contribution is 5.83. The van der Waals surface area contributed by atoms with Gasteiger partial charge in [-0.05, 0) is 19.3 Å². The van der Waals surface area contributed by atoms with Gasteiger partial charge in [0.25, 0.3) is 0 Å². The van der Waals surface area contributed by atoms with Crippen LogP contribution in [-0.2, 0) is 14.3 Å². The Kier molecular flexibility index (Phi) is 5.21. The normalized spacial score (nSPS) is 22.4. The average Bonchev–Trinajstić information content (AvgIpc) is 2.27. The van der Waals surface area contributed by atoms with E-state index in [1.807, 2.05) is 0 Å². The van der Waals surface area contributed by atoms with E-state index in [0.717, 1.165) is 19.3 Å². The summed E-state index contributed by atoms with van der Waals surface area (Å²) in [5, 5.41) is 19.6. The van der Waals surface area contributed by atoms with Crippen molar-refractivity contribution in [2.75, 3.05) is 13.2 Å². The van der Waals surface area contributed by atoms with E-state index in [-0.39, 0.29) is 12.5 Å². The topological polar surface area (TPSA) is 95.9 Å². The Bertz CT molecular complexity index is 250. The molecule has 92 valence electrons. The fraction of sp³-hybridized carbons (Fsp3) is 0.800. The van der Waals surface area contributed by atoms with Crippen LogP contribution in [0.2, 0.25) is 0 Å². The van der Waals surface area contributed by atoms with E-state index < -0.39 is 24.5 Å². The van der Waals surface area contributed by atoms with Crippen LogP contribution in [0.3, 0.4) is 0 Å². The largest absolute Gasteiger partial charge is 0.480 e. The van der Waals surface area contributed by atoms with Crippen LogP contribution in [0.4, 0.5) is 0 Å². The lowest BCUT2D eigenvalue weighted by molar-refractivity contribution is -0.143. The molecule has 2 atom stereocenters. The first-order valence-electron chi connectivity index (χ1n) is 5.38. The summed E-state index contributed by atoms with van der Waals surface area (Å²) in [5.41, 5.74) is 0. The first-order chi connectivity index (χ1) is 7.63. The minimum atomic E-state index is -1.24. The van der Waals surface area contributed by atoms with Gasteiger partial charge in [-0.25, -0.2) is 4.79 Å². The van der Waals surface area contributed by atoms with Crippen molar-refractivity contribution >= 4 is 11.9 Å². The van der Waals surface area contributed by atoms with Crippen LogP contribution in [0.15, 0.2) is 0 Å². The molecule has 0 saturated carbocycles. The molecule has 0 aromatic carbocycles. The third-order valence-electron chi connectivity index (χ3n) is 2.50. The number of carbonyl (C=O) groups is 2. The molecule has 0 radical (unpaired) electrons. The van der Waals surface area contributed by atoms with Crippen LogP contribution in [0.5, 0.6) is 0 Å². The number of amides is 1. The summed E-state index contributed by atoms with van der Waals surface area (Å²) in [6.07, 6.45) is 2.89. The predicted octanol–water partition coefficient (Wildman–Crippen LogP) is -0.493. The highest BCUT2D eigenvalue weighted by atomic mass is 16.5. The standard InChI is InChI=1S/C10H17NO5/c12-6-8(10(14)15)11-9(13)5-7-3-1-2-4-16-7/h7-8,12H,1-6H2,(H,11,13)(H,14,15)/t7?,8-/m0/s1. The average molecular weight is 231 g/mol. The fourth-order valence-corrected chi connectivity index (χ4v) is 1.61. The number of aliphatic carboxylic acids is 1. The fourth-order valence-electron chi connectivity index (χ4n) is 1.61. The Morgan fingerprint density at radius 1 is 1.44 bits per heavy atom. The zero-order valence-corrected chi connectivity index (χ0v) is 9.02. The van der Waals surface area contributed by atoms with Crippen molar-refractivity contribution in [3.05, 3.63) is 0 Å². The molecular weight excluding hydrogens is 214 g/mol. The Morgan fingerprint density at radius 3 is 2.69 bits per heavy atom. The van der Waals surface area contributed by atoms with Gasteiger partial charge in [-0.2, -0.15) is 0 Å². The highest BCUT2D eigenvalue weighted by Gasteiger charge is 2.22. The van der Waals surface area contributed by atoms with Gasteiger partial charge in [-0.1, -0.05) is 0 Å². The van der Waals surface area contributed by atoms with Crippen molar-refractivity contribution < 1.29 is 24.5 Å². The molecule has 0 aliphatic carbocycles. The van der Waals surface area contributed by atoms with E-state index in [2.05, 4.69) is 5.32 Å². The van der Waals surface area contributed by atoms with Gasteiger partial charge >= 0.3 is 5.97 Å². The first-order valence-corrected chi connectivity index (χ1v) is 5.38. The Morgan fingerprint density at radius 2 is 2.19 bits per heavy atom. The lowest BCUT2D eigenvalue weighted by Crippen LogP contribution is -2.44. The Balaban J connectivity index is 2.31. The molecule has 0 spiro atoms. The molecule has 0 aromatic heterocycles.